The molecule has 4 atom stereocenters. The van der Waals surface area contributed by atoms with Crippen LogP contribution in [0.3, 0.4) is 0 Å². The standard InChI is InChI=1S/C9H15NO5/c1-5-2-8(11)6(3-9(12)13)7(5)4-10(14)15/h5-7,10,14H,2-4H2,1H3,(H,12,13). The van der Waals surface area contributed by atoms with Crippen LogP contribution >= 0.6 is 0 Å². The van der Waals surface area contributed by atoms with E-state index in [9.17, 15) is 14.8 Å². The first-order valence-corrected chi connectivity index (χ1v) is 4.88. The molecule has 6 nitrogen and oxygen atoms in total. The highest BCUT2D eigenvalue weighted by atomic mass is 16.8. The van der Waals surface area contributed by atoms with Crippen LogP contribution in [0.4, 0.5) is 0 Å². The molecule has 1 saturated carbocycles. The Morgan fingerprint density at radius 3 is 2.73 bits per heavy atom. The molecular formula is C9H15NO5. The SMILES string of the molecule is CC1CC(=O)C(CC(=O)O)C1C[NH+]([O-])O. The smallest absolute Gasteiger partial charge is 0.304 e. The number of aliphatic carboxylic acids is 1. The molecule has 0 aromatic heterocycles. The second kappa shape index (κ2) is 4.69. The molecule has 0 saturated heterocycles. The highest BCUT2D eigenvalue weighted by Crippen LogP contribution is 2.35. The third kappa shape index (κ3) is 2.98. The lowest BCUT2D eigenvalue weighted by Crippen LogP contribution is -3.05. The van der Waals surface area contributed by atoms with Crippen molar-refractivity contribution in [1.29, 1.82) is 0 Å². The number of quaternary nitrogens is 1. The lowest BCUT2D eigenvalue weighted by molar-refractivity contribution is -1.05. The van der Waals surface area contributed by atoms with Gasteiger partial charge in [0, 0.05) is 18.3 Å². The van der Waals surface area contributed by atoms with E-state index in [0.717, 1.165) is 0 Å². The van der Waals surface area contributed by atoms with E-state index in [2.05, 4.69) is 0 Å². The quantitative estimate of drug-likeness (QED) is 0.528. The van der Waals surface area contributed by atoms with Crippen LogP contribution in [0.5, 0.6) is 0 Å². The average Bonchev–Trinajstić information content (AvgIpc) is 2.30. The van der Waals surface area contributed by atoms with Crippen molar-refractivity contribution < 1.29 is 25.1 Å². The van der Waals surface area contributed by atoms with E-state index in [1.165, 1.54) is 0 Å². The number of carboxylic acid groups (broad SMARTS) is 1. The van der Waals surface area contributed by atoms with Crippen molar-refractivity contribution >= 4 is 11.8 Å². The molecule has 0 spiro atoms. The number of ketones is 1. The van der Waals surface area contributed by atoms with Crippen molar-refractivity contribution in [3.63, 3.8) is 0 Å². The predicted octanol–water partition coefficient (Wildman–Crippen LogP) is -0.926. The summed E-state index contributed by atoms with van der Waals surface area (Å²) in [5.41, 5.74) is 0. The van der Waals surface area contributed by atoms with Crippen LogP contribution in [-0.2, 0) is 9.59 Å². The fraction of sp³-hybridized carbons (Fsp3) is 0.778. The fourth-order valence-electron chi connectivity index (χ4n) is 2.25. The van der Waals surface area contributed by atoms with Crippen molar-refractivity contribution in [3.05, 3.63) is 5.21 Å². The molecule has 1 fully saturated rings. The minimum atomic E-state index is -1.04. The van der Waals surface area contributed by atoms with E-state index in [-0.39, 0.29) is 30.6 Å². The minimum Gasteiger partial charge on any atom is -0.600 e. The van der Waals surface area contributed by atoms with E-state index in [1.54, 1.807) is 6.92 Å². The Bertz CT molecular complexity index is 265. The summed E-state index contributed by atoms with van der Waals surface area (Å²) < 4.78 is 0. The van der Waals surface area contributed by atoms with Crippen molar-refractivity contribution in [2.45, 2.75) is 19.8 Å². The summed E-state index contributed by atoms with van der Waals surface area (Å²) in [6.45, 7) is 1.68. The summed E-state index contributed by atoms with van der Waals surface area (Å²) in [7, 11) is 0. The van der Waals surface area contributed by atoms with Gasteiger partial charge in [0.25, 0.3) is 0 Å². The Balaban J connectivity index is 2.70. The number of Topliss-reactive ketones (excluding diaryl/α,β-unsaturated/α-hetero) is 1. The highest BCUT2D eigenvalue weighted by molar-refractivity contribution is 5.87. The molecule has 0 aromatic rings. The highest BCUT2D eigenvalue weighted by Gasteiger charge is 2.42. The maximum absolute atomic E-state index is 11.5. The van der Waals surface area contributed by atoms with Gasteiger partial charge in [-0.25, -0.2) is 10.4 Å². The number of carboxylic acids is 1. The molecule has 4 unspecified atom stereocenters. The lowest BCUT2D eigenvalue weighted by Gasteiger charge is -2.23. The number of hydrogen-bond acceptors (Lipinski definition) is 4. The summed E-state index contributed by atoms with van der Waals surface area (Å²) in [5, 5.41) is 26.9. The molecule has 6 heteroatoms. The average molecular weight is 217 g/mol. The number of hydroxylamine groups is 2. The summed E-state index contributed by atoms with van der Waals surface area (Å²) in [6, 6.07) is 0. The largest absolute Gasteiger partial charge is 0.600 e. The molecule has 0 heterocycles. The summed E-state index contributed by atoms with van der Waals surface area (Å²) in [6.07, 6.45) is 0.0526. The lowest BCUT2D eigenvalue weighted by atomic mass is 9.88. The first-order chi connectivity index (χ1) is 6.91. The molecule has 86 valence electrons. The molecule has 0 amide bonds. The third-order valence-electron chi connectivity index (χ3n) is 2.99. The molecule has 1 aliphatic carbocycles. The summed E-state index contributed by atoms with van der Waals surface area (Å²) in [5.74, 6) is -2.13. The van der Waals surface area contributed by atoms with Crippen LogP contribution in [0.2, 0.25) is 0 Å². The Morgan fingerprint density at radius 1 is 1.67 bits per heavy atom. The zero-order chi connectivity index (χ0) is 11.6. The van der Waals surface area contributed by atoms with Crippen LogP contribution in [0.25, 0.3) is 0 Å². The van der Waals surface area contributed by atoms with Gasteiger partial charge in [0.2, 0.25) is 0 Å². The monoisotopic (exact) mass is 217 g/mol. The van der Waals surface area contributed by atoms with E-state index < -0.39 is 17.1 Å². The van der Waals surface area contributed by atoms with Crippen LogP contribution in [0.1, 0.15) is 19.8 Å². The molecule has 1 aliphatic rings. The molecule has 0 bridgehead atoms. The van der Waals surface area contributed by atoms with Gasteiger partial charge in [0.05, 0.1) is 6.42 Å². The van der Waals surface area contributed by atoms with Crippen molar-refractivity contribution in [1.82, 2.24) is 0 Å². The topological polar surface area (TPSA) is 102 Å². The fourth-order valence-corrected chi connectivity index (χ4v) is 2.25. The predicted molar refractivity (Wildman–Crippen MR) is 49.0 cm³/mol. The van der Waals surface area contributed by atoms with Gasteiger partial charge in [-0.05, 0) is 5.92 Å². The summed E-state index contributed by atoms with van der Waals surface area (Å²) in [4.78, 5) is 22.0. The van der Waals surface area contributed by atoms with Crippen LogP contribution in [0.15, 0.2) is 0 Å². The van der Waals surface area contributed by atoms with Gasteiger partial charge in [0.15, 0.2) is 0 Å². The number of hydrogen-bond donors (Lipinski definition) is 3. The summed E-state index contributed by atoms with van der Waals surface area (Å²) >= 11 is 0. The van der Waals surface area contributed by atoms with Gasteiger partial charge >= 0.3 is 5.97 Å². The maximum Gasteiger partial charge on any atom is 0.304 e. The van der Waals surface area contributed by atoms with Crippen molar-refractivity contribution in [3.8, 4) is 0 Å². The number of carbonyl (C=O) groups excluding carboxylic acids is 1. The Kier molecular flexibility index (Phi) is 3.78. The van der Waals surface area contributed by atoms with Gasteiger partial charge in [-0.1, -0.05) is 6.92 Å². The Morgan fingerprint density at radius 2 is 2.27 bits per heavy atom. The minimum absolute atomic E-state index is 0.0297. The van der Waals surface area contributed by atoms with Crippen LogP contribution < -0.4 is 5.23 Å². The van der Waals surface area contributed by atoms with Gasteiger partial charge in [-0.3, -0.25) is 9.59 Å². The molecule has 3 N–H and O–H groups in total. The molecule has 15 heavy (non-hydrogen) atoms. The maximum atomic E-state index is 11.5. The van der Waals surface area contributed by atoms with Gasteiger partial charge in [0.1, 0.15) is 12.3 Å². The second-order valence-corrected chi connectivity index (χ2v) is 4.11. The number of carbonyl (C=O) groups is 2. The van der Waals surface area contributed by atoms with Gasteiger partial charge < -0.3 is 10.3 Å². The molecule has 1 rings (SSSR count). The van der Waals surface area contributed by atoms with E-state index in [4.69, 9.17) is 10.3 Å². The first-order valence-electron chi connectivity index (χ1n) is 4.88. The third-order valence-corrected chi connectivity index (χ3v) is 2.99. The van der Waals surface area contributed by atoms with Gasteiger partial charge in [-0.15, -0.1) is 0 Å². The molecule has 0 radical (unpaired) electrons. The van der Waals surface area contributed by atoms with E-state index >= 15 is 0 Å². The molecular weight excluding hydrogens is 202 g/mol. The Labute approximate surface area is 87.0 Å². The van der Waals surface area contributed by atoms with Crippen LogP contribution in [-0.4, -0.2) is 28.6 Å². The molecule has 0 aromatic carbocycles. The number of nitrogens with one attached hydrogen (secondary N) is 1. The van der Waals surface area contributed by atoms with E-state index in [0.29, 0.717) is 6.42 Å². The van der Waals surface area contributed by atoms with Crippen molar-refractivity contribution in [2.75, 3.05) is 6.54 Å². The first kappa shape index (κ1) is 12.1. The normalized spacial score (nSPS) is 33.0. The molecule has 0 aliphatic heterocycles. The Hall–Kier alpha value is -0.980. The van der Waals surface area contributed by atoms with E-state index in [1.807, 2.05) is 0 Å². The second-order valence-electron chi connectivity index (χ2n) is 4.11. The van der Waals surface area contributed by atoms with Crippen LogP contribution in [0, 0.1) is 23.0 Å². The zero-order valence-corrected chi connectivity index (χ0v) is 8.47. The number of rotatable bonds is 4. The zero-order valence-electron chi connectivity index (χ0n) is 8.47. The van der Waals surface area contributed by atoms with Gasteiger partial charge in [-0.2, -0.15) is 0 Å². The van der Waals surface area contributed by atoms with Crippen molar-refractivity contribution in [2.24, 2.45) is 17.8 Å².